The van der Waals surface area contributed by atoms with Gasteiger partial charge in [-0.1, -0.05) is 24.3 Å². The zero-order valence-electron chi connectivity index (χ0n) is 18.4. The molecule has 0 amide bonds. The number of ether oxygens (including phenoxy) is 2. The number of nitrogens with zero attached hydrogens (tertiary/aromatic N) is 2. The van der Waals surface area contributed by atoms with Gasteiger partial charge in [-0.15, -0.1) is 0 Å². The largest absolute Gasteiger partial charge is 0.486 e. The molecule has 7 heteroatoms. The summed E-state index contributed by atoms with van der Waals surface area (Å²) in [6.45, 7) is 2.17. The van der Waals surface area contributed by atoms with Gasteiger partial charge in [0, 0.05) is 23.2 Å². The molecule has 5 rings (SSSR count). The average Bonchev–Trinajstić information content (AvgIpc) is 2.87. The van der Waals surface area contributed by atoms with Crippen LogP contribution < -0.4 is 10.2 Å². The SMILES string of the molecule is CCOC(=O)c1cccc2c(=O)cc(-c3ccc(OCc4ncc5ccccc5n4)cc3)oc12. The molecule has 0 N–H and O–H groups in total. The predicted octanol–water partition coefficient (Wildman–Crippen LogP) is 5.16. The number of aromatic nitrogens is 2. The lowest BCUT2D eigenvalue weighted by molar-refractivity contribution is 0.0527. The molecule has 168 valence electrons. The fourth-order valence-corrected chi connectivity index (χ4v) is 3.63. The van der Waals surface area contributed by atoms with Crippen molar-refractivity contribution in [1.82, 2.24) is 9.97 Å². The highest BCUT2D eigenvalue weighted by molar-refractivity contribution is 6.02. The molecule has 0 atom stereocenters. The Hall–Kier alpha value is -4.52. The highest BCUT2D eigenvalue weighted by Gasteiger charge is 2.16. The number of rotatable bonds is 6. The summed E-state index contributed by atoms with van der Waals surface area (Å²) >= 11 is 0. The van der Waals surface area contributed by atoms with Crippen molar-refractivity contribution in [1.29, 1.82) is 0 Å². The Bertz CT molecular complexity index is 1560. The second-order valence-corrected chi connectivity index (χ2v) is 7.54. The summed E-state index contributed by atoms with van der Waals surface area (Å²) in [5, 5.41) is 1.29. The van der Waals surface area contributed by atoms with E-state index in [1.807, 2.05) is 24.3 Å². The lowest BCUT2D eigenvalue weighted by Crippen LogP contribution is -2.08. The molecular formula is C27H20N2O5. The molecule has 0 saturated heterocycles. The predicted molar refractivity (Wildman–Crippen MR) is 128 cm³/mol. The van der Waals surface area contributed by atoms with Crippen molar-refractivity contribution in [2.24, 2.45) is 0 Å². The van der Waals surface area contributed by atoms with Crippen LogP contribution in [0.5, 0.6) is 5.75 Å². The maximum atomic E-state index is 12.7. The maximum absolute atomic E-state index is 12.7. The Balaban J connectivity index is 1.39. The summed E-state index contributed by atoms with van der Waals surface area (Å²) in [5.74, 6) is 1.01. The van der Waals surface area contributed by atoms with Gasteiger partial charge in [0.2, 0.25) is 0 Å². The van der Waals surface area contributed by atoms with E-state index in [9.17, 15) is 9.59 Å². The normalized spacial score (nSPS) is 11.0. The smallest absolute Gasteiger partial charge is 0.341 e. The maximum Gasteiger partial charge on any atom is 0.341 e. The molecular weight excluding hydrogens is 432 g/mol. The van der Waals surface area contributed by atoms with Crippen LogP contribution in [0.1, 0.15) is 23.1 Å². The van der Waals surface area contributed by atoms with Crippen molar-refractivity contribution >= 4 is 27.8 Å². The molecule has 0 unspecified atom stereocenters. The molecule has 0 aliphatic carbocycles. The van der Waals surface area contributed by atoms with Gasteiger partial charge < -0.3 is 13.9 Å². The van der Waals surface area contributed by atoms with Crippen LogP contribution in [0.4, 0.5) is 0 Å². The topological polar surface area (TPSA) is 91.5 Å². The molecule has 0 aliphatic rings. The summed E-state index contributed by atoms with van der Waals surface area (Å²) in [6, 6.07) is 21.1. The van der Waals surface area contributed by atoms with Crippen LogP contribution in [0.25, 0.3) is 33.2 Å². The Morgan fingerprint density at radius 1 is 1.00 bits per heavy atom. The summed E-state index contributed by atoms with van der Waals surface area (Å²) in [5.41, 5.74) is 1.72. The first-order chi connectivity index (χ1) is 16.6. The minimum atomic E-state index is -0.534. The van der Waals surface area contributed by atoms with Gasteiger partial charge in [-0.3, -0.25) is 4.79 Å². The van der Waals surface area contributed by atoms with E-state index in [1.54, 1.807) is 55.6 Å². The van der Waals surface area contributed by atoms with Crippen molar-refractivity contribution in [3.05, 3.63) is 101 Å². The molecule has 2 aromatic heterocycles. The third kappa shape index (κ3) is 4.23. The number of para-hydroxylation sites is 2. The third-order valence-corrected chi connectivity index (χ3v) is 5.30. The fraction of sp³-hybridized carbons (Fsp3) is 0.111. The number of fused-ring (bicyclic) bond motifs is 2. The van der Waals surface area contributed by atoms with Crippen molar-refractivity contribution in [3.63, 3.8) is 0 Å². The second kappa shape index (κ2) is 9.15. The highest BCUT2D eigenvalue weighted by Crippen LogP contribution is 2.26. The molecule has 7 nitrogen and oxygen atoms in total. The van der Waals surface area contributed by atoms with Gasteiger partial charge in [0.25, 0.3) is 0 Å². The number of carbonyl (C=O) groups is 1. The van der Waals surface area contributed by atoms with Gasteiger partial charge >= 0.3 is 5.97 Å². The molecule has 0 aliphatic heterocycles. The van der Waals surface area contributed by atoms with Crippen LogP contribution in [0.15, 0.2) is 88.2 Å². The fourth-order valence-electron chi connectivity index (χ4n) is 3.63. The van der Waals surface area contributed by atoms with Crippen LogP contribution in [0.3, 0.4) is 0 Å². The first-order valence-electron chi connectivity index (χ1n) is 10.8. The second-order valence-electron chi connectivity index (χ2n) is 7.54. The monoisotopic (exact) mass is 452 g/mol. The highest BCUT2D eigenvalue weighted by atomic mass is 16.5. The number of benzene rings is 3. The van der Waals surface area contributed by atoms with Crippen LogP contribution in [-0.2, 0) is 11.3 Å². The zero-order chi connectivity index (χ0) is 23.5. The van der Waals surface area contributed by atoms with Crippen LogP contribution in [0.2, 0.25) is 0 Å². The number of hydrogen-bond donors (Lipinski definition) is 0. The van der Waals surface area contributed by atoms with Gasteiger partial charge in [0.15, 0.2) is 16.8 Å². The molecule has 0 spiro atoms. The molecule has 0 fully saturated rings. The van der Waals surface area contributed by atoms with Crippen molar-refractivity contribution < 1.29 is 18.7 Å². The van der Waals surface area contributed by atoms with E-state index in [4.69, 9.17) is 13.9 Å². The minimum absolute atomic E-state index is 0.206. The third-order valence-electron chi connectivity index (χ3n) is 5.30. The molecule has 2 heterocycles. The van der Waals surface area contributed by atoms with Gasteiger partial charge in [0.1, 0.15) is 23.7 Å². The van der Waals surface area contributed by atoms with Gasteiger partial charge in [0.05, 0.1) is 17.5 Å². The van der Waals surface area contributed by atoms with Crippen LogP contribution in [0, 0.1) is 0 Å². The lowest BCUT2D eigenvalue weighted by Gasteiger charge is -2.09. The summed E-state index contributed by atoms with van der Waals surface area (Å²) in [7, 11) is 0. The van der Waals surface area contributed by atoms with E-state index in [-0.39, 0.29) is 29.8 Å². The molecule has 0 bridgehead atoms. The molecule has 5 aromatic rings. The van der Waals surface area contributed by atoms with Gasteiger partial charge in [-0.25, -0.2) is 14.8 Å². The van der Waals surface area contributed by atoms with E-state index in [0.29, 0.717) is 28.3 Å². The Labute approximate surface area is 194 Å². The van der Waals surface area contributed by atoms with E-state index in [2.05, 4.69) is 9.97 Å². The van der Waals surface area contributed by atoms with Gasteiger partial charge in [-0.2, -0.15) is 0 Å². The molecule has 3 aromatic carbocycles. The van der Waals surface area contributed by atoms with E-state index in [1.165, 1.54) is 6.07 Å². The number of carbonyl (C=O) groups excluding carboxylic acids is 1. The van der Waals surface area contributed by atoms with Crippen molar-refractivity contribution in [2.45, 2.75) is 13.5 Å². The average molecular weight is 452 g/mol. The van der Waals surface area contributed by atoms with Crippen molar-refractivity contribution in [3.8, 4) is 17.1 Å². The van der Waals surface area contributed by atoms with Crippen LogP contribution in [-0.4, -0.2) is 22.5 Å². The van der Waals surface area contributed by atoms with E-state index < -0.39 is 5.97 Å². The quantitative estimate of drug-likeness (QED) is 0.329. The zero-order valence-corrected chi connectivity index (χ0v) is 18.4. The first kappa shape index (κ1) is 21.3. The summed E-state index contributed by atoms with van der Waals surface area (Å²) in [6.07, 6.45) is 1.77. The summed E-state index contributed by atoms with van der Waals surface area (Å²) in [4.78, 5) is 33.8. The first-order valence-corrected chi connectivity index (χ1v) is 10.8. The van der Waals surface area contributed by atoms with Gasteiger partial charge in [-0.05, 0) is 49.4 Å². The van der Waals surface area contributed by atoms with Crippen LogP contribution >= 0.6 is 0 Å². The molecule has 0 radical (unpaired) electrons. The number of hydrogen-bond acceptors (Lipinski definition) is 7. The minimum Gasteiger partial charge on any atom is -0.486 e. The van der Waals surface area contributed by atoms with E-state index in [0.717, 1.165) is 10.9 Å². The molecule has 0 saturated carbocycles. The Morgan fingerprint density at radius 3 is 2.65 bits per heavy atom. The standard InChI is InChI=1S/C27H20N2O5/c1-2-32-27(31)21-8-5-7-20-23(30)14-24(34-26(20)21)17-10-12-19(13-11-17)33-16-25-28-15-18-6-3-4-9-22(18)29-25/h3-15H,2,16H2,1H3. The lowest BCUT2D eigenvalue weighted by atomic mass is 10.1. The summed E-state index contributed by atoms with van der Waals surface area (Å²) < 4.78 is 16.9. The Morgan fingerprint density at radius 2 is 1.82 bits per heavy atom. The Kier molecular flexibility index (Phi) is 5.74. The number of esters is 1. The molecule has 34 heavy (non-hydrogen) atoms. The van der Waals surface area contributed by atoms with E-state index >= 15 is 0 Å². The van der Waals surface area contributed by atoms with Crippen molar-refractivity contribution in [2.75, 3.05) is 6.61 Å².